The Hall–Kier alpha value is -2.13. The number of aryl methyl sites for hydroxylation is 1. The van der Waals surface area contributed by atoms with Crippen molar-refractivity contribution in [1.29, 1.82) is 0 Å². The van der Waals surface area contributed by atoms with Gasteiger partial charge >= 0.3 is 5.97 Å². The molecule has 0 bridgehead atoms. The lowest BCUT2D eigenvalue weighted by Crippen LogP contribution is -2.10. The lowest BCUT2D eigenvalue weighted by atomic mass is 10.0. The van der Waals surface area contributed by atoms with E-state index < -0.39 is 0 Å². The SMILES string of the molecule is COC(=O)c1ccc(CCCC(O)Cc2ccccc2)cc1. The molecule has 3 nitrogen and oxygen atoms in total. The van der Waals surface area contributed by atoms with E-state index in [4.69, 9.17) is 0 Å². The Labute approximate surface area is 131 Å². The monoisotopic (exact) mass is 298 g/mol. The zero-order chi connectivity index (χ0) is 15.8. The Bertz CT molecular complexity index is 575. The Kier molecular flexibility index (Phi) is 6.16. The molecule has 1 unspecified atom stereocenters. The summed E-state index contributed by atoms with van der Waals surface area (Å²) in [5.41, 5.74) is 2.90. The highest BCUT2D eigenvalue weighted by molar-refractivity contribution is 5.89. The molecule has 0 saturated heterocycles. The maximum absolute atomic E-state index is 11.3. The second kappa shape index (κ2) is 8.35. The third kappa shape index (κ3) is 5.01. The van der Waals surface area contributed by atoms with Crippen molar-refractivity contribution in [3.05, 3.63) is 71.3 Å². The van der Waals surface area contributed by atoms with Crippen LogP contribution in [0.2, 0.25) is 0 Å². The van der Waals surface area contributed by atoms with Crippen molar-refractivity contribution >= 4 is 5.97 Å². The molecule has 0 amide bonds. The third-order valence-corrected chi connectivity index (χ3v) is 3.69. The smallest absolute Gasteiger partial charge is 0.337 e. The number of hydrogen-bond donors (Lipinski definition) is 1. The molecule has 0 saturated carbocycles. The van der Waals surface area contributed by atoms with Gasteiger partial charge < -0.3 is 9.84 Å². The minimum atomic E-state index is -0.315. The average Bonchev–Trinajstić information content (AvgIpc) is 2.55. The van der Waals surface area contributed by atoms with Crippen molar-refractivity contribution in [2.45, 2.75) is 31.8 Å². The number of carbonyl (C=O) groups is 1. The molecule has 1 N–H and O–H groups in total. The highest BCUT2D eigenvalue weighted by atomic mass is 16.5. The van der Waals surface area contributed by atoms with Gasteiger partial charge in [0.15, 0.2) is 0 Å². The molecular formula is C19H22O3. The summed E-state index contributed by atoms with van der Waals surface area (Å²) >= 11 is 0. The van der Waals surface area contributed by atoms with Gasteiger partial charge in [0.25, 0.3) is 0 Å². The van der Waals surface area contributed by atoms with Crippen LogP contribution >= 0.6 is 0 Å². The van der Waals surface area contributed by atoms with E-state index in [0.717, 1.165) is 24.8 Å². The van der Waals surface area contributed by atoms with Crippen molar-refractivity contribution in [2.75, 3.05) is 7.11 Å². The molecule has 0 aliphatic heterocycles. The second-order valence-corrected chi connectivity index (χ2v) is 5.42. The zero-order valence-corrected chi connectivity index (χ0v) is 12.9. The first-order valence-electron chi connectivity index (χ1n) is 7.58. The minimum Gasteiger partial charge on any atom is -0.465 e. The van der Waals surface area contributed by atoms with Crippen LogP contribution in [0.5, 0.6) is 0 Å². The van der Waals surface area contributed by atoms with Gasteiger partial charge in [0, 0.05) is 0 Å². The summed E-state index contributed by atoms with van der Waals surface area (Å²) in [7, 11) is 1.38. The summed E-state index contributed by atoms with van der Waals surface area (Å²) in [6.07, 6.45) is 2.98. The number of carbonyl (C=O) groups excluding carboxylic acids is 1. The van der Waals surface area contributed by atoms with Crippen LogP contribution in [0.25, 0.3) is 0 Å². The van der Waals surface area contributed by atoms with Crippen molar-refractivity contribution < 1.29 is 14.6 Å². The molecular weight excluding hydrogens is 276 g/mol. The summed E-state index contributed by atoms with van der Waals surface area (Å²) in [5, 5.41) is 10.1. The molecule has 22 heavy (non-hydrogen) atoms. The number of benzene rings is 2. The number of methoxy groups -OCH3 is 1. The first-order chi connectivity index (χ1) is 10.7. The second-order valence-electron chi connectivity index (χ2n) is 5.42. The third-order valence-electron chi connectivity index (χ3n) is 3.69. The highest BCUT2D eigenvalue weighted by Crippen LogP contribution is 2.12. The molecule has 0 aliphatic carbocycles. The van der Waals surface area contributed by atoms with Gasteiger partial charge in [-0.2, -0.15) is 0 Å². The number of ether oxygens (including phenoxy) is 1. The number of aliphatic hydroxyl groups is 1. The van der Waals surface area contributed by atoms with Gasteiger partial charge in [-0.3, -0.25) is 0 Å². The topological polar surface area (TPSA) is 46.5 Å². The predicted molar refractivity (Wildman–Crippen MR) is 86.9 cm³/mol. The largest absolute Gasteiger partial charge is 0.465 e. The van der Waals surface area contributed by atoms with E-state index in [1.54, 1.807) is 12.1 Å². The first-order valence-corrected chi connectivity index (χ1v) is 7.58. The van der Waals surface area contributed by atoms with E-state index in [1.165, 1.54) is 12.7 Å². The Balaban J connectivity index is 1.75. The van der Waals surface area contributed by atoms with Gasteiger partial charge in [0.05, 0.1) is 18.8 Å². The fourth-order valence-electron chi connectivity index (χ4n) is 2.46. The fourth-order valence-corrected chi connectivity index (χ4v) is 2.46. The molecule has 116 valence electrons. The molecule has 2 aromatic carbocycles. The summed E-state index contributed by atoms with van der Waals surface area (Å²) in [5.74, 6) is -0.315. The van der Waals surface area contributed by atoms with Crippen molar-refractivity contribution in [3.63, 3.8) is 0 Å². The Morgan fingerprint density at radius 3 is 2.36 bits per heavy atom. The number of rotatable bonds is 7. The highest BCUT2D eigenvalue weighted by Gasteiger charge is 2.07. The number of esters is 1. The fraction of sp³-hybridized carbons (Fsp3) is 0.316. The minimum absolute atomic E-state index is 0.309. The average molecular weight is 298 g/mol. The van der Waals surface area contributed by atoms with Crippen LogP contribution in [0.1, 0.15) is 34.3 Å². The number of hydrogen-bond acceptors (Lipinski definition) is 3. The summed E-state index contributed by atoms with van der Waals surface area (Å²) in [4.78, 5) is 11.3. The lowest BCUT2D eigenvalue weighted by Gasteiger charge is -2.10. The van der Waals surface area contributed by atoms with E-state index in [0.29, 0.717) is 12.0 Å². The van der Waals surface area contributed by atoms with Crippen LogP contribution in [0.3, 0.4) is 0 Å². The summed E-state index contributed by atoms with van der Waals surface area (Å²) in [6.45, 7) is 0. The van der Waals surface area contributed by atoms with Crippen LogP contribution in [0, 0.1) is 0 Å². The molecule has 1 atom stereocenters. The molecule has 0 aliphatic rings. The first kappa shape index (κ1) is 16.2. The van der Waals surface area contributed by atoms with Crippen LogP contribution in [0.15, 0.2) is 54.6 Å². The predicted octanol–water partition coefficient (Wildman–Crippen LogP) is 3.40. The van der Waals surface area contributed by atoms with E-state index in [2.05, 4.69) is 4.74 Å². The maximum atomic E-state index is 11.3. The molecule has 0 heterocycles. The molecule has 3 heteroatoms. The van der Waals surface area contributed by atoms with Gasteiger partial charge in [-0.25, -0.2) is 4.79 Å². The van der Waals surface area contributed by atoms with E-state index >= 15 is 0 Å². The summed E-state index contributed by atoms with van der Waals surface area (Å²) < 4.78 is 4.67. The zero-order valence-electron chi connectivity index (χ0n) is 12.9. The molecule has 0 aromatic heterocycles. The maximum Gasteiger partial charge on any atom is 0.337 e. The normalized spacial score (nSPS) is 11.9. The van der Waals surface area contributed by atoms with Crippen LogP contribution in [-0.2, 0) is 17.6 Å². The van der Waals surface area contributed by atoms with Crippen molar-refractivity contribution in [2.24, 2.45) is 0 Å². The molecule has 0 spiro atoms. The van der Waals surface area contributed by atoms with Gasteiger partial charge in [0.1, 0.15) is 0 Å². The molecule has 0 fully saturated rings. The molecule has 0 radical (unpaired) electrons. The lowest BCUT2D eigenvalue weighted by molar-refractivity contribution is 0.0600. The summed E-state index contributed by atoms with van der Waals surface area (Å²) in [6, 6.07) is 17.5. The van der Waals surface area contributed by atoms with Crippen molar-refractivity contribution in [1.82, 2.24) is 0 Å². The number of aliphatic hydroxyl groups excluding tert-OH is 1. The van der Waals surface area contributed by atoms with E-state index in [-0.39, 0.29) is 12.1 Å². The van der Waals surface area contributed by atoms with Gasteiger partial charge in [-0.15, -0.1) is 0 Å². The van der Waals surface area contributed by atoms with Crippen molar-refractivity contribution in [3.8, 4) is 0 Å². The molecule has 2 aromatic rings. The standard InChI is InChI=1S/C19H22O3/c1-22-19(21)17-12-10-15(11-13-17)8-5-9-18(20)14-16-6-3-2-4-7-16/h2-4,6-7,10-13,18,20H,5,8-9,14H2,1H3. The van der Waals surface area contributed by atoms with Crippen LogP contribution in [0.4, 0.5) is 0 Å². The van der Waals surface area contributed by atoms with Gasteiger partial charge in [0.2, 0.25) is 0 Å². The van der Waals surface area contributed by atoms with Crippen LogP contribution in [-0.4, -0.2) is 24.3 Å². The molecule has 2 rings (SSSR count). The van der Waals surface area contributed by atoms with Crippen LogP contribution < -0.4 is 0 Å². The quantitative estimate of drug-likeness (QED) is 0.797. The Morgan fingerprint density at radius 2 is 1.73 bits per heavy atom. The van der Waals surface area contributed by atoms with Gasteiger partial charge in [-0.1, -0.05) is 42.5 Å². The van der Waals surface area contributed by atoms with E-state index in [1.807, 2.05) is 42.5 Å². The Morgan fingerprint density at radius 1 is 1.05 bits per heavy atom. The van der Waals surface area contributed by atoms with E-state index in [9.17, 15) is 9.90 Å². The van der Waals surface area contributed by atoms with Gasteiger partial charge in [-0.05, 0) is 48.9 Å².